The highest BCUT2D eigenvalue weighted by molar-refractivity contribution is 5.85. The van der Waals surface area contributed by atoms with Crippen molar-refractivity contribution in [3.8, 4) is 5.75 Å². The highest BCUT2D eigenvalue weighted by Crippen LogP contribution is 2.35. The minimum Gasteiger partial charge on any atom is -0.492 e. The fraction of sp³-hybridized carbons (Fsp3) is 0.533. The number of rotatable bonds is 2. The fourth-order valence-electron chi connectivity index (χ4n) is 2.99. The molecule has 1 saturated heterocycles. The molecular weight excluding hydrogens is 240 g/mol. The van der Waals surface area contributed by atoms with Crippen LogP contribution in [0.4, 0.5) is 0 Å². The second-order valence-corrected chi connectivity index (χ2v) is 5.33. The van der Waals surface area contributed by atoms with E-state index in [1.54, 1.807) is 0 Å². The first-order chi connectivity index (χ1) is 9.27. The molecule has 2 aliphatic rings. The van der Waals surface area contributed by atoms with Crippen LogP contribution in [-0.2, 0) is 4.79 Å². The molecule has 1 aromatic rings. The highest BCUT2D eigenvalue weighted by Gasteiger charge is 2.34. The van der Waals surface area contributed by atoms with Gasteiger partial charge in [0, 0.05) is 18.7 Å². The number of likely N-dealkylation sites (N-methyl/N-ethyl adjacent to an activating group) is 1. The van der Waals surface area contributed by atoms with Crippen molar-refractivity contribution in [1.29, 1.82) is 0 Å². The molecule has 0 bridgehead atoms. The molecule has 0 saturated carbocycles. The van der Waals surface area contributed by atoms with Crippen molar-refractivity contribution >= 4 is 5.91 Å². The van der Waals surface area contributed by atoms with Crippen LogP contribution in [-0.4, -0.2) is 43.6 Å². The molecule has 1 aromatic carbocycles. The molecule has 0 aliphatic carbocycles. The van der Waals surface area contributed by atoms with Crippen LogP contribution in [0.15, 0.2) is 24.3 Å². The van der Waals surface area contributed by atoms with Crippen molar-refractivity contribution in [1.82, 2.24) is 10.2 Å². The van der Waals surface area contributed by atoms with E-state index >= 15 is 0 Å². The molecule has 19 heavy (non-hydrogen) atoms. The zero-order chi connectivity index (χ0) is 13.2. The first-order valence-corrected chi connectivity index (χ1v) is 6.96. The van der Waals surface area contributed by atoms with Gasteiger partial charge in [0.05, 0.1) is 0 Å². The van der Waals surface area contributed by atoms with Gasteiger partial charge in [-0.3, -0.25) is 4.79 Å². The van der Waals surface area contributed by atoms with Crippen molar-refractivity contribution in [2.24, 2.45) is 0 Å². The van der Waals surface area contributed by atoms with Gasteiger partial charge in [-0.1, -0.05) is 18.2 Å². The van der Waals surface area contributed by atoms with Crippen LogP contribution < -0.4 is 10.1 Å². The Labute approximate surface area is 113 Å². The van der Waals surface area contributed by atoms with Gasteiger partial charge in [0.2, 0.25) is 5.91 Å². The summed E-state index contributed by atoms with van der Waals surface area (Å²) in [6, 6.07) is 8.22. The topological polar surface area (TPSA) is 41.6 Å². The van der Waals surface area contributed by atoms with Gasteiger partial charge >= 0.3 is 0 Å². The van der Waals surface area contributed by atoms with E-state index in [4.69, 9.17) is 4.74 Å². The summed E-state index contributed by atoms with van der Waals surface area (Å²) in [5.74, 6) is 0.924. The lowest BCUT2D eigenvalue weighted by Crippen LogP contribution is -2.45. The van der Waals surface area contributed by atoms with Gasteiger partial charge in [0.15, 0.2) is 0 Å². The number of nitrogens with zero attached hydrogens (tertiary/aromatic N) is 1. The largest absolute Gasteiger partial charge is 0.492 e. The normalized spacial score (nSPS) is 22.7. The summed E-state index contributed by atoms with van der Waals surface area (Å²) < 4.78 is 5.61. The van der Waals surface area contributed by atoms with E-state index in [0.717, 1.165) is 37.2 Å². The van der Waals surface area contributed by atoms with Gasteiger partial charge < -0.3 is 15.0 Å². The van der Waals surface area contributed by atoms with E-state index in [1.165, 1.54) is 0 Å². The molecule has 0 aromatic heterocycles. The number of piperidine rings is 1. The third-order valence-corrected chi connectivity index (χ3v) is 4.20. The van der Waals surface area contributed by atoms with E-state index in [9.17, 15) is 4.79 Å². The van der Waals surface area contributed by atoms with Gasteiger partial charge in [-0.15, -0.1) is 0 Å². The van der Waals surface area contributed by atoms with Crippen molar-refractivity contribution in [2.75, 3.05) is 26.7 Å². The Morgan fingerprint density at radius 2 is 2.05 bits per heavy atom. The van der Waals surface area contributed by atoms with E-state index in [0.29, 0.717) is 12.6 Å². The van der Waals surface area contributed by atoms with Crippen LogP contribution >= 0.6 is 0 Å². The Bertz CT molecular complexity index is 469. The lowest BCUT2D eigenvalue weighted by atomic mass is 9.97. The maximum Gasteiger partial charge on any atom is 0.233 e. The minimum atomic E-state index is -0.129. The summed E-state index contributed by atoms with van der Waals surface area (Å²) in [4.78, 5) is 14.6. The van der Waals surface area contributed by atoms with Crippen LogP contribution in [0.3, 0.4) is 0 Å². The molecule has 2 heterocycles. The lowest BCUT2D eigenvalue weighted by Gasteiger charge is -2.33. The van der Waals surface area contributed by atoms with Crippen LogP contribution in [0.25, 0.3) is 0 Å². The Hall–Kier alpha value is -1.55. The molecule has 4 nitrogen and oxygen atoms in total. The molecule has 1 N–H and O–H groups in total. The van der Waals surface area contributed by atoms with Crippen LogP contribution in [0, 0.1) is 0 Å². The van der Waals surface area contributed by atoms with Crippen molar-refractivity contribution in [3.63, 3.8) is 0 Å². The quantitative estimate of drug-likeness (QED) is 0.873. The number of hydrogen-bond donors (Lipinski definition) is 1. The lowest BCUT2D eigenvalue weighted by molar-refractivity contribution is -0.134. The van der Waals surface area contributed by atoms with Crippen molar-refractivity contribution < 1.29 is 9.53 Å². The first kappa shape index (κ1) is 12.5. The van der Waals surface area contributed by atoms with Crippen LogP contribution in [0.1, 0.15) is 24.3 Å². The van der Waals surface area contributed by atoms with Gasteiger partial charge in [-0.05, 0) is 32.0 Å². The summed E-state index contributed by atoms with van der Waals surface area (Å²) in [5.41, 5.74) is 1.04. The number of fused-ring (bicyclic) bond motifs is 1. The molecule has 102 valence electrons. The molecule has 1 atom stereocenters. The molecule has 2 aliphatic heterocycles. The van der Waals surface area contributed by atoms with Gasteiger partial charge in [-0.2, -0.15) is 0 Å². The fourth-order valence-corrected chi connectivity index (χ4v) is 2.99. The number of carbonyl (C=O) groups excluding carboxylic acids is 1. The molecule has 1 fully saturated rings. The van der Waals surface area contributed by atoms with E-state index in [1.807, 2.05) is 36.2 Å². The molecule has 1 unspecified atom stereocenters. The van der Waals surface area contributed by atoms with Crippen LogP contribution in [0.5, 0.6) is 5.75 Å². The average Bonchev–Trinajstić information content (AvgIpc) is 2.90. The van der Waals surface area contributed by atoms with E-state index in [2.05, 4.69) is 5.32 Å². The van der Waals surface area contributed by atoms with E-state index in [-0.39, 0.29) is 11.8 Å². The Balaban J connectivity index is 1.74. The summed E-state index contributed by atoms with van der Waals surface area (Å²) in [6.45, 7) is 2.48. The number of benzene rings is 1. The Morgan fingerprint density at radius 1 is 1.32 bits per heavy atom. The molecule has 0 spiro atoms. The monoisotopic (exact) mass is 260 g/mol. The minimum absolute atomic E-state index is 0.129. The molecule has 3 rings (SSSR count). The zero-order valence-corrected chi connectivity index (χ0v) is 11.3. The number of hydrogen-bond acceptors (Lipinski definition) is 3. The first-order valence-electron chi connectivity index (χ1n) is 6.96. The number of carbonyl (C=O) groups is 1. The number of ether oxygens (including phenoxy) is 1. The number of nitrogens with one attached hydrogen (secondary N) is 1. The highest BCUT2D eigenvalue weighted by atomic mass is 16.5. The third kappa shape index (κ3) is 2.32. The SMILES string of the molecule is CN(C(=O)C1COc2ccccc21)C1CCNCC1. The second kappa shape index (κ2) is 5.21. The van der Waals surface area contributed by atoms with Gasteiger partial charge in [0.1, 0.15) is 18.3 Å². The molecule has 4 heteroatoms. The zero-order valence-electron chi connectivity index (χ0n) is 11.3. The summed E-state index contributed by atoms with van der Waals surface area (Å²) in [6.07, 6.45) is 2.08. The number of para-hydroxylation sites is 1. The average molecular weight is 260 g/mol. The van der Waals surface area contributed by atoms with Gasteiger partial charge in [0.25, 0.3) is 0 Å². The number of amides is 1. The maximum atomic E-state index is 12.6. The van der Waals surface area contributed by atoms with E-state index < -0.39 is 0 Å². The standard InChI is InChI=1S/C15H20N2O2/c1-17(11-6-8-16-9-7-11)15(18)13-10-19-14-5-3-2-4-12(13)14/h2-5,11,13,16H,6-10H2,1H3. The maximum absolute atomic E-state index is 12.6. The molecule has 0 radical (unpaired) electrons. The second-order valence-electron chi connectivity index (χ2n) is 5.33. The predicted octanol–water partition coefficient (Wildman–Crippen LogP) is 1.37. The Kier molecular flexibility index (Phi) is 3.42. The van der Waals surface area contributed by atoms with Crippen LogP contribution in [0.2, 0.25) is 0 Å². The van der Waals surface area contributed by atoms with Crippen molar-refractivity contribution in [2.45, 2.75) is 24.8 Å². The predicted molar refractivity (Wildman–Crippen MR) is 73.3 cm³/mol. The Morgan fingerprint density at radius 3 is 2.84 bits per heavy atom. The molecular formula is C15H20N2O2. The van der Waals surface area contributed by atoms with Gasteiger partial charge in [-0.25, -0.2) is 0 Å². The summed E-state index contributed by atoms with van der Waals surface area (Å²) >= 11 is 0. The van der Waals surface area contributed by atoms with Crippen molar-refractivity contribution in [3.05, 3.63) is 29.8 Å². The third-order valence-electron chi connectivity index (χ3n) is 4.20. The smallest absolute Gasteiger partial charge is 0.233 e. The summed E-state index contributed by atoms with van der Waals surface area (Å²) in [7, 11) is 1.93. The molecule has 1 amide bonds. The summed E-state index contributed by atoms with van der Waals surface area (Å²) in [5, 5.41) is 3.33.